The minimum absolute atomic E-state index is 0.721. The van der Waals surface area contributed by atoms with E-state index in [2.05, 4.69) is 74.5 Å². The summed E-state index contributed by atoms with van der Waals surface area (Å²) in [6.45, 7) is 5.81. The molecule has 0 amide bonds. The number of hydrogen-bond donors (Lipinski definition) is 0. The molecule has 3 rings (SSSR count). The monoisotopic (exact) mass is 348 g/mol. The van der Waals surface area contributed by atoms with Crippen molar-refractivity contribution in [3.63, 3.8) is 0 Å². The van der Waals surface area contributed by atoms with Gasteiger partial charge >= 0.3 is 0 Å². The molecule has 1 heteroatoms. The zero-order chi connectivity index (χ0) is 18.2. The third-order valence-electron chi connectivity index (χ3n) is 5.56. The molecule has 1 nitrogen and oxygen atoms in total. The predicted molar refractivity (Wildman–Crippen MR) is 111 cm³/mol. The minimum atomic E-state index is 0.721. The molecule has 0 saturated heterocycles. The van der Waals surface area contributed by atoms with Gasteiger partial charge in [-0.25, -0.2) is 0 Å². The molecule has 1 saturated carbocycles. The van der Waals surface area contributed by atoms with Gasteiger partial charge in [-0.1, -0.05) is 67.6 Å². The van der Waals surface area contributed by atoms with Crippen LogP contribution in [0.25, 0.3) is 6.08 Å². The van der Waals surface area contributed by atoms with Crippen molar-refractivity contribution in [2.75, 3.05) is 6.61 Å². The standard InChI is InChI=1S/C25H32O/c1-3-5-20-6-10-22(11-7-20)24-14-16-25(17-15-24)23-12-8-21(9-13-23)19-26-18-4-2/h3,5-13,24-25H,4,14-19H2,1-2H3. The van der Waals surface area contributed by atoms with Crippen molar-refractivity contribution in [2.24, 2.45) is 0 Å². The molecule has 138 valence electrons. The van der Waals surface area contributed by atoms with E-state index >= 15 is 0 Å². The highest BCUT2D eigenvalue weighted by molar-refractivity contribution is 5.49. The summed E-state index contributed by atoms with van der Waals surface area (Å²) in [7, 11) is 0. The van der Waals surface area contributed by atoms with Crippen LogP contribution >= 0.6 is 0 Å². The molecule has 2 aromatic rings. The van der Waals surface area contributed by atoms with Gasteiger partial charge in [0.05, 0.1) is 6.61 Å². The lowest BCUT2D eigenvalue weighted by Gasteiger charge is -2.29. The summed E-state index contributed by atoms with van der Waals surface area (Å²) in [5.74, 6) is 1.45. The number of rotatable bonds is 7. The zero-order valence-corrected chi connectivity index (χ0v) is 16.3. The van der Waals surface area contributed by atoms with Gasteiger partial charge in [0, 0.05) is 6.61 Å². The van der Waals surface area contributed by atoms with E-state index in [1.165, 1.54) is 47.9 Å². The van der Waals surface area contributed by atoms with Gasteiger partial charge in [0.2, 0.25) is 0 Å². The van der Waals surface area contributed by atoms with Crippen LogP contribution in [0, 0.1) is 0 Å². The topological polar surface area (TPSA) is 9.23 Å². The highest BCUT2D eigenvalue weighted by atomic mass is 16.5. The highest BCUT2D eigenvalue weighted by Crippen LogP contribution is 2.40. The van der Waals surface area contributed by atoms with E-state index in [1.807, 2.05) is 0 Å². The Morgan fingerprint density at radius 2 is 1.38 bits per heavy atom. The summed E-state index contributed by atoms with van der Waals surface area (Å²) >= 11 is 0. The third kappa shape index (κ3) is 5.08. The van der Waals surface area contributed by atoms with Gasteiger partial charge in [-0.15, -0.1) is 0 Å². The van der Waals surface area contributed by atoms with Crippen LogP contribution in [-0.2, 0) is 11.3 Å². The highest BCUT2D eigenvalue weighted by Gasteiger charge is 2.23. The molecule has 0 atom stereocenters. The number of ether oxygens (including phenoxy) is 1. The predicted octanol–water partition coefficient (Wildman–Crippen LogP) is 7.09. The van der Waals surface area contributed by atoms with Crippen molar-refractivity contribution in [1.82, 2.24) is 0 Å². The van der Waals surface area contributed by atoms with Crippen molar-refractivity contribution < 1.29 is 4.74 Å². The van der Waals surface area contributed by atoms with E-state index in [4.69, 9.17) is 4.74 Å². The Hall–Kier alpha value is -1.86. The Kier molecular flexibility index (Phi) is 7.08. The second-order valence-corrected chi connectivity index (χ2v) is 7.51. The van der Waals surface area contributed by atoms with E-state index < -0.39 is 0 Å². The molecule has 0 bridgehead atoms. The lowest BCUT2D eigenvalue weighted by molar-refractivity contribution is 0.121. The van der Waals surface area contributed by atoms with Gasteiger partial charge in [0.1, 0.15) is 0 Å². The van der Waals surface area contributed by atoms with Gasteiger partial charge in [-0.05, 0) is 73.1 Å². The minimum Gasteiger partial charge on any atom is -0.377 e. The lowest BCUT2D eigenvalue weighted by atomic mass is 9.76. The average Bonchev–Trinajstić information content (AvgIpc) is 2.70. The molecule has 0 radical (unpaired) electrons. The first-order valence-corrected chi connectivity index (χ1v) is 10.2. The maximum absolute atomic E-state index is 5.64. The van der Waals surface area contributed by atoms with Gasteiger partial charge in [0.25, 0.3) is 0 Å². The lowest BCUT2D eigenvalue weighted by Crippen LogP contribution is -2.12. The maximum Gasteiger partial charge on any atom is 0.0716 e. The number of hydrogen-bond acceptors (Lipinski definition) is 1. The maximum atomic E-state index is 5.64. The van der Waals surface area contributed by atoms with Crippen LogP contribution < -0.4 is 0 Å². The summed E-state index contributed by atoms with van der Waals surface area (Å²) in [4.78, 5) is 0. The number of allylic oxidation sites excluding steroid dienone is 1. The molecule has 1 fully saturated rings. The molecule has 2 aromatic carbocycles. The van der Waals surface area contributed by atoms with Crippen molar-refractivity contribution in [3.8, 4) is 0 Å². The van der Waals surface area contributed by atoms with Crippen LogP contribution in [0.4, 0.5) is 0 Å². The summed E-state index contributed by atoms with van der Waals surface area (Å²) in [6.07, 6.45) is 10.5. The van der Waals surface area contributed by atoms with E-state index in [0.717, 1.165) is 31.5 Å². The van der Waals surface area contributed by atoms with Crippen LogP contribution in [0.3, 0.4) is 0 Å². The van der Waals surface area contributed by atoms with Crippen molar-refractivity contribution >= 4 is 6.08 Å². The molecule has 1 aliphatic carbocycles. The molecule has 0 aliphatic heterocycles. The van der Waals surface area contributed by atoms with Crippen molar-refractivity contribution in [2.45, 2.75) is 64.4 Å². The Labute approximate surface area is 159 Å². The first-order valence-electron chi connectivity index (χ1n) is 10.2. The molecule has 26 heavy (non-hydrogen) atoms. The Morgan fingerprint density at radius 1 is 0.846 bits per heavy atom. The summed E-state index contributed by atoms with van der Waals surface area (Å²) in [5.41, 5.74) is 5.61. The average molecular weight is 349 g/mol. The fourth-order valence-electron chi connectivity index (χ4n) is 4.05. The quantitative estimate of drug-likeness (QED) is 0.485. The first-order chi connectivity index (χ1) is 12.8. The van der Waals surface area contributed by atoms with E-state index in [0.29, 0.717) is 0 Å². The Bertz CT molecular complexity index is 673. The Balaban J connectivity index is 1.53. The van der Waals surface area contributed by atoms with Gasteiger partial charge in [0.15, 0.2) is 0 Å². The molecule has 0 heterocycles. The fraction of sp³-hybridized carbons (Fsp3) is 0.440. The molecular formula is C25H32O. The molecule has 0 N–H and O–H groups in total. The second-order valence-electron chi connectivity index (χ2n) is 7.51. The molecule has 0 aromatic heterocycles. The summed E-state index contributed by atoms with van der Waals surface area (Å²) in [5, 5.41) is 0. The summed E-state index contributed by atoms with van der Waals surface area (Å²) < 4.78 is 5.64. The fourth-order valence-corrected chi connectivity index (χ4v) is 4.05. The van der Waals surface area contributed by atoms with Gasteiger partial charge in [-0.3, -0.25) is 0 Å². The van der Waals surface area contributed by atoms with E-state index in [-0.39, 0.29) is 0 Å². The molecule has 1 aliphatic rings. The third-order valence-corrected chi connectivity index (χ3v) is 5.56. The van der Waals surface area contributed by atoms with Crippen LogP contribution in [0.1, 0.15) is 80.0 Å². The first kappa shape index (κ1) is 18.9. The van der Waals surface area contributed by atoms with Crippen LogP contribution in [0.15, 0.2) is 54.6 Å². The van der Waals surface area contributed by atoms with Gasteiger partial charge in [-0.2, -0.15) is 0 Å². The Morgan fingerprint density at radius 3 is 1.88 bits per heavy atom. The zero-order valence-electron chi connectivity index (χ0n) is 16.3. The van der Waals surface area contributed by atoms with Crippen LogP contribution in [0.2, 0.25) is 0 Å². The molecule has 0 spiro atoms. The summed E-state index contributed by atoms with van der Waals surface area (Å²) in [6, 6.07) is 18.3. The largest absolute Gasteiger partial charge is 0.377 e. The van der Waals surface area contributed by atoms with Crippen molar-refractivity contribution in [3.05, 3.63) is 76.9 Å². The van der Waals surface area contributed by atoms with E-state index in [9.17, 15) is 0 Å². The van der Waals surface area contributed by atoms with E-state index in [1.54, 1.807) is 0 Å². The SMILES string of the molecule is CC=Cc1ccc(C2CCC(c3ccc(COCCC)cc3)CC2)cc1. The molecular weight excluding hydrogens is 316 g/mol. The normalized spacial score (nSPS) is 20.5. The van der Waals surface area contributed by atoms with Crippen LogP contribution in [0.5, 0.6) is 0 Å². The van der Waals surface area contributed by atoms with Crippen LogP contribution in [-0.4, -0.2) is 6.61 Å². The second kappa shape index (κ2) is 9.73. The smallest absolute Gasteiger partial charge is 0.0716 e. The molecule has 0 unspecified atom stereocenters. The van der Waals surface area contributed by atoms with Crippen molar-refractivity contribution in [1.29, 1.82) is 0 Å². The number of benzene rings is 2. The van der Waals surface area contributed by atoms with Gasteiger partial charge < -0.3 is 4.74 Å².